The van der Waals surface area contributed by atoms with Crippen LogP contribution in [0.2, 0.25) is 0 Å². The van der Waals surface area contributed by atoms with E-state index in [4.69, 9.17) is 21.9 Å². The van der Waals surface area contributed by atoms with Crippen LogP contribution in [0.5, 0.6) is 0 Å². The highest BCUT2D eigenvalue weighted by Gasteiger charge is 2.20. The van der Waals surface area contributed by atoms with Crippen LogP contribution in [0.4, 0.5) is 5.69 Å². The van der Waals surface area contributed by atoms with Crippen LogP contribution in [0.25, 0.3) is 11.0 Å². The number of imidazole rings is 1. The number of carbonyl (C=O) groups is 1. The zero-order valence-electron chi connectivity index (χ0n) is 20.9. The highest BCUT2D eigenvalue weighted by Crippen LogP contribution is 2.24. The van der Waals surface area contributed by atoms with E-state index < -0.39 is 0 Å². The van der Waals surface area contributed by atoms with Crippen LogP contribution < -0.4 is 16.4 Å². The molecule has 38 heavy (non-hydrogen) atoms. The number of aromatic nitrogens is 3. The number of nitrogens with two attached hydrogens (primary N) is 2. The first-order valence-corrected chi connectivity index (χ1v) is 13.3. The van der Waals surface area contributed by atoms with E-state index in [1.165, 1.54) is 4.88 Å². The van der Waals surface area contributed by atoms with E-state index in [0.717, 1.165) is 41.8 Å². The predicted molar refractivity (Wildman–Crippen MR) is 153 cm³/mol. The maximum absolute atomic E-state index is 13.5. The molecule has 1 amide bonds. The quantitative estimate of drug-likeness (QED) is 0.187. The van der Waals surface area contributed by atoms with Gasteiger partial charge in [0.15, 0.2) is 0 Å². The van der Waals surface area contributed by atoms with Crippen molar-refractivity contribution < 1.29 is 4.79 Å². The van der Waals surface area contributed by atoms with Gasteiger partial charge in [-0.25, -0.2) is 4.98 Å². The van der Waals surface area contributed by atoms with Gasteiger partial charge >= 0.3 is 0 Å². The molecule has 192 valence electrons. The molecule has 0 radical (unpaired) electrons. The van der Waals surface area contributed by atoms with Gasteiger partial charge < -0.3 is 20.9 Å². The molecule has 0 atom stereocenters. The van der Waals surface area contributed by atoms with Gasteiger partial charge in [-0.05, 0) is 53.8 Å². The molecule has 5 aromatic rings. The van der Waals surface area contributed by atoms with Gasteiger partial charge in [0.2, 0.25) is 0 Å². The average Bonchev–Trinajstić information content (AvgIpc) is 3.58. The van der Waals surface area contributed by atoms with Crippen molar-refractivity contribution in [2.45, 2.75) is 19.4 Å². The van der Waals surface area contributed by atoms with Gasteiger partial charge in [-0.1, -0.05) is 30.3 Å². The number of aryl methyl sites for hydroxylation is 2. The molecule has 5 rings (SSSR count). The van der Waals surface area contributed by atoms with Crippen molar-refractivity contribution in [3.63, 3.8) is 0 Å². The number of thiophene rings is 1. The first-order chi connectivity index (χ1) is 18.5. The largest absolute Gasteiger partial charge is 0.384 e. The van der Waals surface area contributed by atoms with Gasteiger partial charge in [-0.2, -0.15) is 0 Å². The number of amides is 1. The molecule has 5 N–H and O–H groups in total. The number of hydrogen-bond acceptors (Lipinski definition) is 6. The third kappa shape index (κ3) is 5.49. The molecule has 3 heterocycles. The van der Waals surface area contributed by atoms with Gasteiger partial charge in [0.1, 0.15) is 11.7 Å². The van der Waals surface area contributed by atoms with Crippen molar-refractivity contribution in [3.05, 3.63) is 112 Å². The van der Waals surface area contributed by atoms with Gasteiger partial charge in [-0.15, -0.1) is 11.3 Å². The van der Waals surface area contributed by atoms with E-state index >= 15 is 0 Å². The summed E-state index contributed by atoms with van der Waals surface area (Å²) in [4.78, 5) is 25.5. The first kappa shape index (κ1) is 25.3. The standard InChI is InChI=1S/C29H29N7OS/c30-13-15-35(23-3-1-14-33-18-23)29(37)22-10-11-26-25(17-22)34-27(36(26)19-24-4-2-16-38-24)12-7-20-5-8-21(9-6-20)28(31)32/h1-6,8-11,14,16-18H,7,12-13,15,19,30H2,(H3,31,32). The third-order valence-corrected chi connectivity index (χ3v) is 7.29. The van der Waals surface area contributed by atoms with Crippen LogP contribution in [0, 0.1) is 5.41 Å². The number of benzene rings is 2. The van der Waals surface area contributed by atoms with E-state index in [-0.39, 0.29) is 11.7 Å². The number of fused-ring (bicyclic) bond motifs is 1. The number of rotatable bonds is 10. The summed E-state index contributed by atoms with van der Waals surface area (Å²) in [5, 5.41) is 9.68. The fourth-order valence-corrected chi connectivity index (χ4v) is 5.18. The number of carbonyl (C=O) groups excluding carboxylic acids is 1. The number of nitrogens with one attached hydrogen (secondary N) is 1. The van der Waals surface area contributed by atoms with E-state index in [0.29, 0.717) is 29.9 Å². The minimum atomic E-state index is -0.134. The number of anilines is 1. The zero-order valence-corrected chi connectivity index (χ0v) is 21.7. The molecule has 3 aromatic heterocycles. The molecule has 0 fully saturated rings. The summed E-state index contributed by atoms with van der Waals surface area (Å²) in [6.07, 6.45) is 4.88. The number of pyridine rings is 1. The van der Waals surface area contributed by atoms with E-state index in [9.17, 15) is 4.79 Å². The monoisotopic (exact) mass is 523 g/mol. The number of hydrogen-bond donors (Lipinski definition) is 3. The molecule has 0 aliphatic carbocycles. The Morgan fingerprint density at radius 3 is 2.53 bits per heavy atom. The predicted octanol–water partition coefficient (Wildman–Crippen LogP) is 4.22. The van der Waals surface area contributed by atoms with E-state index in [2.05, 4.69) is 27.1 Å². The molecule has 0 bridgehead atoms. The summed E-state index contributed by atoms with van der Waals surface area (Å²) < 4.78 is 2.23. The van der Waals surface area contributed by atoms with Crippen LogP contribution in [0.15, 0.2) is 84.5 Å². The third-order valence-electron chi connectivity index (χ3n) is 6.43. The van der Waals surface area contributed by atoms with Gasteiger partial charge in [0.25, 0.3) is 5.91 Å². The smallest absolute Gasteiger partial charge is 0.258 e. The van der Waals surface area contributed by atoms with Gasteiger partial charge in [-0.3, -0.25) is 15.2 Å². The SMILES string of the molecule is N=C(N)c1ccc(CCc2nc3cc(C(=O)N(CCN)c4cccnc4)ccc3n2Cc2cccs2)cc1. The molecule has 8 nitrogen and oxygen atoms in total. The van der Waals surface area contributed by atoms with Crippen LogP contribution in [0.3, 0.4) is 0 Å². The molecule has 0 aliphatic rings. The fourth-order valence-electron chi connectivity index (χ4n) is 4.49. The van der Waals surface area contributed by atoms with Crippen molar-refractivity contribution in [3.8, 4) is 0 Å². The Morgan fingerprint density at radius 1 is 1.03 bits per heavy atom. The summed E-state index contributed by atoms with van der Waals surface area (Å²) in [7, 11) is 0. The Balaban J connectivity index is 1.46. The summed E-state index contributed by atoms with van der Waals surface area (Å²) in [6.45, 7) is 1.45. The van der Waals surface area contributed by atoms with Crippen molar-refractivity contribution in [2.75, 3.05) is 18.0 Å². The van der Waals surface area contributed by atoms with Crippen molar-refractivity contribution in [1.29, 1.82) is 5.41 Å². The second-order valence-electron chi connectivity index (χ2n) is 8.96. The molecule has 0 aliphatic heterocycles. The van der Waals surface area contributed by atoms with Crippen LogP contribution in [-0.4, -0.2) is 39.4 Å². The minimum absolute atomic E-state index is 0.0631. The highest BCUT2D eigenvalue weighted by molar-refractivity contribution is 7.09. The van der Waals surface area contributed by atoms with Gasteiger partial charge in [0, 0.05) is 41.7 Å². The Hall–Kier alpha value is -4.34. The molecule has 2 aromatic carbocycles. The van der Waals surface area contributed by atoms with Crippen LogP contribution in [0.1, 0.15) is 32.2 Å². The lowest BCUT2D eigenvalue weighted by molar-refractivity contribution is 0.0987. The van der Waals surface area contributed by atoms with Crippen LogP contribution >= 0.6 is 11.3 Å². The summed E-state index contributed by atoms with van der Waals surface area (Å²) in [5.74, 6) is 0.887. The van der Waals surface area contributed by atoms with E-state index in [1.807, 2.05) is 54.6 Å². The van der Waals surface area contributed by atoms with E-state index in [1.54, 1.807) is 28.6 Å². The van der Waals surface area contributed by atoms with Crippen LogP contribution in [-0.2, 0) is 19.4 Å². The molecule has 0 spiro atoms. The fraction of sp³-hybridized carbons (Fsp3) is 0.172. The lowest BCUT2D eigenvalue weighted by atomic mass is 10.1. The second-order valence-corrected chi connectivity index (χ2v) is 10.00. The zero-order chi connectivity index (χ0) is 26.5. The Labute approximate surface area is 225 Å². The Kier molecular flexibility index (Phi) is 7.57. The topological polar surface area (TPSA) is 127 Å². The maximum Gasteiger partial charge on any atom is 0.258 e. The minimum Gasteiger partial charge on any atom is -0.384 e. The number of amidine groups is 1. The summed E-state index contributed by atoms with van der Waals surface area (Å²) >= 11 is 1.71. The summed E-state index contributed by atoms with van der Waals surface area (Å²) in [5.41, 5.74) is 16.3. The molecule has 0 unspecified atom stereocenters. The highest BCUT2D eigenvalue weighted by atomic mass is 32.1. The first-order valence-electron chi connectivity index (χ1n) is 12.4. The average molecular weight is 524 g/mol. The molecule has 0 saturated carbocycles. The van der Waals surface area contributed by atoms with Crippen molar-refractivity contribution in [1.82, 2.24) is 14.5 Å². The molecule has 9 heteroatoms. The second kappa shape index (κ2) is 11.4. The number of nitrogen functional groups attached to an aromatic ring is 1. The molecular formula is C29H29N7OS. The lowest BCUT2D eigenvalue weighted by Gasteiger charge is -2.21. The van der Waals surface area contributed by atoms with Crippen molar-refractivity contribution in [2.24, 2.45) is 11.5 Å². The molecule has 0 saturated heterocycles. The Morgan fingerprint density at radius 2 is 1.84 bits per heavy atom. The van der Waals surface area contributed by atoms with Crippen molar-refractivity contribution >= 4 is 39.8 Å². The van der Waals surface area contributed by atoms with Gasteiger partial charge in [0.05, 0.1) is 29.5 Å². The normalized spacial score (nSPS) is 11.1. The Bertz CT molecular complexity index is 1540. The molecular weight excluding hydrogens is 494 g/mol. The lowest BCUT2D eigenvalue weighted by Crippen LogP contribution is -2.35. The summed E-state index contributed by atoms with van der Waals surface area (Å²) in [6, 6.07) is 21.3. The maximum atomic E-state index is 13.5. The number of nitrogens with zero attached hydrogens (tertiary/aromatic N) is 4.